The van der Waals surface area contributed by atoms with Crippen molar-refractivity contribution in [3.63, 3.8) is 0 Å². The van der Waals surface area contributed by atoms with Gasteiger partial charge in [0.25, 0.3) is 6.47 Å². The number of nitrogens with zero attached hydrogens (tertiary/aromatic N) is 1. The van der Waals surface area contributed by atoms with Gasteiger partial charge in [0.2, 0.25) is 5.91 Å². The quantitative estimate of drug-likeness (QED) is 0.673. The Morgan fingerprint density at radius 2 is 2.19 bits per heavy atom. The van der Waals surface area contributed by atoms with E-state index in [1.165, 1.54) is 18.2 Å². The fourth-order valence-electron chi connectivity index (χ4n) is 1.97. The van der Waals surface area contributed by atoms with Crippen molar-refractivity contribution in [2.24, 2.45) is 16.5 Å². The second-order valence-electron chi connectivity index (χ2n) is 4.53. The molecule has 0 aliphatic carbocycles. The van der Waals surface area contributed by atoms with E-state index in [1.54, 1.807) is 6.92 Å². The number of ether oxygens (including phenoxy) is 1. The number of carboxylic acid groups (broad SMARTS) is 1. The first-order valence-electron chi connectivity index (χ1n) is 5.93. The number of halogens is 1. The predicted molar refractivity (Wildman–Crippen MR) is 73.4 cm³/mol. The predicted octanol–water partition coefficient (Wildman–Crippen LogP) is 0.228. The minimum absolute atomic E-state index is 0.201. The maximum absolute atomic E-state index is 13.9. The number of hydrogen-bond donors (Lipinski definition) is 3. The van der Waals surface area contributed by atoms with Gasteiger partial charge in [0.05, 0.1) is 6.61 Å². The zero-order valence-corrected chi connectivity index (χ0v) is 11.4. The van der Waals surface area contributed by atoms with Crippen LogP contribution in [0.25, 0.3) is 0 Å². The smallest absolute Gasteiger partial charge is 0.290 e. The number of primary amides is 1. The molecule has 7 nitrogen and oxygen atoms in total. The Morgan fingerprint density at radius 1 is 1.57 bits per heavy atom. The lowest BCUT2D eigenvalue weighted by Gasteiger charge is -2.30. The minimum Gasteiger partial charge on any atom is -0.483 e. The molecule has 1 aliphatic heterocycles. The van der Waals surface area contributed by atoms with Crippen LogP contribution in [0.5, 0.6) is 0 Å². The number of amidine groups is 1. The topological polar surface area (TPSA) is 128 Å². The van der Waals surface area contributed by atoms with Gasteiger partial charge in [-0.15, -0.1) is 0 Å². The van der Waals surface area contributed by atoms with Crippen LogP contribution in [-0.2, 0) is 15.1 Å². The van der Waals surface area contributed by atoms with Gasteiger partial charge in [-0.1, -0.05) is 0 Å². The van der Waals surface area contributed by atoms with Crippen LogP contribution in [0.2, 0.25) is 0 Å². The molecule has 0 saturated heterocycles. The first-order chi connectivity index (χ1) is 9.84. The highest BCUT2D eigenvalue weighted by atomic mass is 19.1. The summed E-state index contributed by atoms with van der Waals surface area (Å²) in [6.45, 7) is 1.88. The van der Waals surface area contributed by atoms with E-state index < -0.39 is 17.3 Å². The van der Waals surface area contributed by atoms with E-state index in [4.69, 9.17) is 26.1 Å². The van der Waals surface area contributed by atoms with E-state index in [0.717, 1.165) is 0 Å². The molecule has 0 bridgehead atoms. The maximum Gasteiger partial charge on any atom is 0.290 e. The average molecular weight is 297 g/mol. The van der Waals surface area contributed by atoms with Crippen LogP contribution in [0.3, 0.4) is 0 Å². The zero-order chi connectivity index (χ0) is 16.0. The summed E-state index contributed by atoms with van der Waals surface area (Å²) in [7, 11) is 0. The maximum atomic E-state index is 13.9. The summed E-state index contributed by atoms with van der Waals surface area (Å²) >= 11 is 0. The SMILES string of the molecule is C[C@@]1(c2cc(C(N)=O)ccc2F)COCC(N)=N1.O=CO. The number of nitrogens with two attached hydrogens (primary N) is 2. The fraction of sp³-hybridized carbons (Fsp3) is 0.308. The Morgan fingerprint density at radius 3 is 2.71 bits per heavy atom. The third-order valence-corrected chi connectivity index (χ3v) is 2.85. The summed E-state index contributed by atoms with van der Waals surface area (Å²) in [5.74, 6) is -0.786. The number of aliphatic imine (C=N–C) groups is 1. The van der Waals surface area contributed by atoms with Crippen molar-refractivity contribution in [2.45, 2.75) is 12.5 Å². The number of rotatable bonds is 2. The van der Waals surface area contributed by atoms with Crippen LogP contribution >= 0.6 is 0 Å². The van der Waals surface area contributed by atoms with Gasteiger partial charge in [0, 0.05) is 11.1 Å². The van der Waals surface area contributed by atoms with Crippen LogP contribution in [0, 0.1) is 5.82 Å². The molecule has 1 aromatic carbocycles. The van der Waals surface area contributed by atoms with Gasteiger partial charge in [-0.25, -0.2) is 4.39 Å². The summed E-state index contributed by atoms with van der Waals surface area (Å²) in [6.07, 6.45) is 0. The van der Waals surface area contributed by atoms with Crippen molar-refractivity contribution in [1.82, 2.24) is 0 Å². The zero-order valence-electron chi connectivity index (χ0n) is 11.4. The van der Waals surface area contributed by atoms with E-state index in [-0.39, 0.29) is 30.8 Å². The molecule has 0 unspecified atom stereocenters. The minimum atomic E-state index is -0.933. The van der Waals surface area contributed by atoms with Gasteiger partial charge in [0.1, 0.15) is 23.8 Å². The van der Waals surface area contributed by atoms with Crippen LogP contribution in [0.15, 0.2) is 23.2 Å². The molecule has 2 rings (SSSR count). The van der Waals surface area contributed by atoms with Gasteiger partial charge in [-0.3, -0.25) is 14.6 Å². The van der Waals surface area contributed by atoms with E-state index >= 15 is 0 Å². The first-order valence-corrected chi connectivity index (χ1v) is 5.93. The van der Waals surface area contributed by atoms with E-state index in [1.807, 2.05) is 0 Å². The number of amides is 1. The van der Waals surface area contributed by atoms with E-state index in [2.05, 4.69) is 4.99 Å². The van der Waals surface area contributed by atoms with Crippen molar-refractivity contribution in [1.29, 1.82) is 0 Å². The highest BCUT2D eigenvalue weighted by molar-refractivity contribution is 5.93. The summed E-state index contributed by atoms with van der Waals surface area (Å²) in [6, 6.07) is 3.92. The van der Waals surface area contributed by atoms with Crippen LogP contribution in [0.1, 0.15) is 22.8 Å². The fourth-order valence-corrected chi connectivity index (χ4v) is 1.97. The lowest BCUT2D eigenvalue weighted by Crippen LogP contribution is -2.38. The summed E-state index contributed by atoms with van der Waals surface area (Å²) in [4.78, 5) is 23.7. The lowest BCUT2D eigenvalue weighted by molar-refractivity contribution is -0.122. The standard InChI is InChI=1S/C12H14FN3O2.CH2O2/c1-12(6-18-5-10(14)16-12)8-4-7(11(15)17)2-3-9(8)13;2-1-3/h2-4H,5-6H2,1H3,(H2,14,16)(H2,15,17);1H,(H,2,3)/t12-;/m0./s1. The molecule has 21 heavy (non-hydrogen) atoms. The summed E-state index contributed by atoms with van der Waals surface area (Å²) < 4.78 is 19.1. The average Bonchev–Trinajstić information content (AvgIpc) is 2.39. The second kappa shape index (κ2) is 6.80. The Kier molecular flexibility index (Phi) is 5.37. The number of hydrogen-bond acceptors (Lipinski definition) is 5. The molecule has 0 radical (unpaired) electrons. The Hall–Kier alpha value is -2.48. The van der Waals surface area contributed by atoms with Crippen molar-refractivity contribution >= 4 is 18.2 Å². The molecule has 1 aromatic rings. The summed E-state index contributed by atoms with van der Waals surface area (Å²) in [5, 5.41) is 6.89. The lowest BCUT2D eigenvalue weighted by atomic mass is 9.91. The molecule has 0 saturated carbocycles. The summed E-state index contributed by atoms with van der Waals surface area (Å²) in [5.41, 5.74) is 10.3. The molecule has 1 atom stereocenters. The van der Waals surface area contributed by atoms with Gasteiger partial charge in [-0.05, 0) is 25.1 Å². The molecule has 5 N–H and O–H groups in total. The molecule has 0 spiro atoms. The van der Waals surface area contributed by atoms with E-state index in [0.29, 0.717) is 5.84 Å². The molecule has 0 aromatic heterocycles. The third-order valence-electron chi connectivity index (χ3n) is 2.85. The largest absolute Gasteiger partial charge is 0.483 e. The number of carbonyl (C=O) groups is 2. The molecule has 1 aliphatic rings. The number of carbonyl (C=O) groups excluding carboxylic acids is 1. The van der Waals surface area contributed by atoms with E-state index in [9.17, 15) is 9.18 Å². The molecule has 0 fully saturated rings. The highest BCUT2D eigenvalue weighted by Gasteiger charge is 2.33. The normalized spacial score (nSPS) is 20.8. The van der Waals surface area contributed by atoms with Crippen LogP contribution < -0.4 is 11.5 Å². The molecule has 114 valence electrons. The van der Waals surface area contributed by atoms with Crippen molar-refractivity contribution < 1.29 is 23.8 Å². The highest BCUT2D eigenvalue weighted by Crippen LogP contribution is 2.30. The molecular weight excluding hydrogens is 281 g/mol. The van der Waals surface area contributed by atoms with Gasteiger partial charge >= 0.3 is 0 Å². The molecule has 1 heterocycles. The molecule has 8 heteroatoms. The van der Waals surface area contributed by atoms with Gasteiger partial charge in [0.15, 0.2) is 0 Å². The molecule has 1 amide bonds. The monoisotopic (exact) mass is 297 g/mol. The van der Waals surface area contributed by atoms with Crippen molar-refractivity contribution in [2.75, 3.05) is 13.2 Å². The number of benzene rings is 1. The van der Waals surface area contributed by atoms with Gasteiger partial charge < -0.3 is 21.3 Å². The van der Waals surface area contributed by atoms with Crippen molar-refractivity contribution in [3.8, 4) is 0 Å². The molecular formula is C13H16FN3O4. The van der Waals surface area contributed by atoms with Gasteiger partial charge in [-0.2, -0.15) is 0 Å². The van der Waals surface area contributed by atoms with Crippen molar-refractivity contribution in [3.05, 3.63) is 35.1 Å². The second-order valence-corrected chi connectivity index (χ2v) is 4.53. The third kappa shape index (κ3) is 3.99. The Labute approximate surface area is 120 Å². The Balaban J connectivity index is 0.000000677. The first kappa shape index (κ1) is 16.6. The van der Waals surface area contributed by atoms with Crippen LogP contribution in [-0.4, -0.2) is 36.5 Å². The Bertz CT molecular complexity index is 577. The van der Waals surface area contributed by atoms with Crippen LogP contribution in [0.4, 0.5) is 4.39 Å².